The van der Waals surface area contributed by atoms with Crippen molar-refractivity contribution in [3.05, 3.63) is 17.9 Å². The molecule has 0 saturated carbocycles. The molecule has 2 heterocycles. The van der Waals surface area contributed by atoms with Crippen LogP contribution in [0.2, 0.25) is 0 Å². The highest BCUT2D eigenvalue weighted by molar-refractivity contribution is 7.89. The minimum absolute atomic E-state index is 0. The molecule has 1 aliphatic heterocycles. The zero-order chi connectivity index (χ0) is 15.5. The highest BCUT2D eigenvalue weighted by Crippen LogP contribution is 2.17. The van der Waals surface area contributed by atoms with Gasteiger partial charge in [-0.25, -0.2) is 17.9 Å². The van der Waals surface area contributed by atoms with Gasteiger partial charge in [-0.15, -0.1) is 12.4 Å². The molecule has 1 saturated heterocycles. The van der Waals surface area contributed by atoms with Gasteiger partial charge >= 0.3 is 5.97 Å². The van der Waals surface area contributed by atoms with Crippen molar-refractivity contribution in [1.82, 2.24) is 10.0 Å². The Balaban J connectivity index is 0.00000242. The number of carbonyl (C=O) groups is 1. The van der Waals surface area contributed by atoms with E-state index in [9.17, 15) is 13.2 Å². The van der Waals surface area contributed by atoms with Gasteiger partial charge in [0.25, 0.3) is 10.0 Å². The molecule has 0 aromatic carbocycles. The van der Waals surface area contributed by atoms with Crippen LogP contribution in [0.1, 0.15) is 37.2 Å². The Morgan fingerprint density at radius 1 is 1.50 bits per heavy atom. The maximum Gasteiger partial charge on any atom is 0.374 e. The van der Waals surface area contributed by atoms with Gasteiger partial charge in [0.05, 0.1) is 6.61 Å². The minimum atomic E-state index is -3.78. The number of rotatable bonds is 5. The largest absolute Gasteiger partial charge is 0.460 e. The lowest BCUT2D eigenvalue weighted by Gasteiger charge is -2.29. The molecule has 9 heteroatoms. The van der Waals surface area contributed by atoms with Gasteiger partial charge in [-0.1, -0.05) is 0 Å². The topological polar surface area (TPSA) is 97.6 Å². The van der Waals surface area contributed by atoms with Crippen LogP contribution >= 0.6 is 12.4 Å². The van der Waals surface area contributed by atoms with E-state index in [4.69, 9.17) is 9.15 Å². The van der Waals surface area contributed by atoms with Crippen molar-refractivity contribution in [3.63, 3.8) is 0 Å². The maximum absolute atomic E-state index is 12.3. The molecule has 0 aliphatic carbocycles. The van der Waals surface area contributed by atoms with E-state index >= 15 is 0 Å². The lowest BCUT2D eigenvalue weighted by molar-refractivity contribution is 0.0484. The number of furan rings is 1. The summed E-state index contributed by atoms with van der Waals surface area (Å²) < 4.78 is 37.0. The van der Waals surface area contributed by atoms with Crippen molar-refractivity contribution < 1.29 is 22.4 Å². The van der Waals surface area contributed by atoms with Crippen molar-refractivity contribution in [1.29, 1.82) is 0 Å². The molecule has 126 valence electrons. The number of sulfonamides is 1. The fourth-order valence-corrected chi connectivity index (χ4v) is 3.52. The predicted molar refractivity (Wildman–Crippen MR) is 82.7 cm³/mol. The van der Waals surface area contributed by atoms with E-state index < -0.39 is 16.0 Å². The van der Waals surface area contributed by atoms with E-state index in [0.717, 1.165) is 19.4 Å². The van der Waals surface area contributed by atoms with E-state index in [1.807, 2.05) is 6.92 Å². The van der Waals surface area contributed by atoms with Gasteiger partial charge in [0.1, 0.15) is 0 Å². The summed E-state index contributed by atoms with van der Waals surface area (Å²) in [6, 6.07) is 2.41. The van der Waals surface area contributed by atoms with E-state index in [0.29, 0.717) is 0 Å². The van der Waals surface area contributed by atoms with Gasteiger partial charge in [-0.05, 0) is 45.4 Å². The van der Waals surface area contributed by atoms with Crippen LogP contribution in [-0.4, -0.2) is 39.6 Å². The highest BCUT2D eigenvalue weighted by atomic mass is 35.5. The Bertz CT molecular complexity index is 601. The molecule has 2 atom stereocenters. The summed E-state index contributed by atoms with van der Waals surface area (Å²) in [4.78, 5) is 11.5. The van der Waals surface area contributed by atoms with Crippen LogP contribution in [0.4, 0.5) is 0 Å². The Kier molecular flexibility index (Phi) is 6.86. The van der Waals surface area contributed by atoms with Crippen LogP contribution in [-0.2, 0) is 14.8 Å². The van der Waals surface area contributed by atoms with Gasteiger partial charge in [0, 0.05) is 12.1 Å². The second kappa shape index (κ2) is 7.96. The first-order valence-electron chi connectivity index (χ1n) is 6.96. The van der Waals surface area contributed by atoms with Crippen LogP contribution < -0.4 is 10.0 Å². The maximum atomic E-state index is 12.3. The van der Waals surface area contributed by atoms with Gasteiger partial charge in [-0.3, -0.25) is 0 Å². The van der Waals surface area contributed by atoms with Gasteiger partial charge in [0.15, 0.2) is 0 Å². The molecule has 7 nitrogen and oxygen atoms in total. The summed E-state index contributed by atoms with van der Waals surface area (Å²) in [7, 11) is -3.78. The van der Waals surface area contributed by atoms with Crippen LogP contribution in [0.15, 0.2) is 21.6 Å². The average Bonchev–Trinajstić information content (AvgIpc) is 2.92. The predicted octanol–water partition coefficient (Wildman–Crippen LogP) is 1.30. The second-order valence-corrected chi connectivity index (χ2v) is 6.60. The smallest absolute Gasteiger partial charge is 0.374 e. The number of hydrogen-bond acceptors (Lipinski definition) is 6. The number of hydrogen-bond donors (Lipinski definition) is 2. The normalized spacial score (nSPS) is 21.9. The molecular formula is C13H21ClN2O5S. The van der Waals surface area contributed by atoms with E-state index in [-0.39, 0.29) is 42.0 Å². The monoisotopic (exact) mass is 352 g/mol. The fraction of sp³-hybridized carbons (Fsp3) is 0.615. The molecule has 2 N–H and O–H groups in total. The molecular weight excluding hydrogens is 332 g/mol. The third-order valence-corrected chi connectivity index (χ3v) is 4.75. The summed E-state index contributed by atoms with van der Waals surface area (Å²) in [5.74, 6) is -0.793. The number of esters is 1. The molecule has 2 rings (SSSR count). The number of halogens is 1. The molecule has 1 aromatic heterocycles. The first-order chi connectivity index (χ1) is 9.94. The molecule has 1 fully saturated rings. The van der Waals surface area contributed by atoms with Crippen molar-refractivity contribution in [2.24, 2.45) is 0 Å². The Labute approximate surface area is 136 Å². The van der Waals surface area contributed by atoms with Crippen molar-refractivity contribution in [2.45, 2.75) is 43.9 Å². The standard InChI is InChI=1S/C13H20N2O5S.ClH/c1-3-19-13(16)11-6-7-12(20-11)21(17,18)15-10-5-4-8-14-9(10)2;/h6-7,9-10,14-15H,3-5,8H2,1-2H3;1H. The molecule has 2 unspecified atom stereocenters. The molecule has 1 aliphatic rings. The molecule has 1 aromatic rings. The van der Waals surface area contributed by atoms with Gasteiger partial charge < -0.3 is 14.5 Å². The minimum Gasteiger partial charge on any atom is -0.460 e. The first-order valence-corrected chi connectivity index (χ1v) is 8.45. The van der Waals surface area contributed by atoms with Crippen LogP contribution in [0, 0.1) is 0 Å². The Hall–Kier alpha value is -1.09. The number of piperidine rings is 1. The third kappa shape index (κ3) is 4.45. The third-order valence-electron chi connectivity index (χ3n) is 3.39. The van der Waals surface area contributed by atoms with Gasteiger partial charge in [-0.2, -0.15) is 0 Å². The van der Waals surface area contributed by atoms with E-state index in [1.165, 1.54) is 12.1 Å². The first kappa shape index (κ1) is 19.0. The lowest BCUT2D eigenvalue weighted by Crippen LogP contribution is -2.51. The zero-order valence-corrected chi connectivity index (χ0v) is 14.1. The summed E-state index contributed by atoms with van der Waals surface area (Å²) in [6.45, 7) is 4.67. The van der Waals surface area contributed by atoms with E-state index in [1.54, 1.807) is 6.92 Å². The second-order valence-electron chi connectivity index (χ2n) is 4.95. The molecule has 0 radical (unpaired) electrons. The number of nitrogens with one attached hydrogen (secondary N) is 2. The summed E-state index contributed by atoms with van der Waals surface area (Å²) in [6.07, 6.45) is 1.67. The fourth-order valence-electron chi connectivity index (χ4n) is 2.24. The molecule has 22 heavy (non-hydrogen) atoms. The van der Waals surface area contributed by atoms with Crippen LogP contribution in [0.3, 0.4) is 0 Å². The van der Waals surface area contributed by atoms with Crippen LogP contribution in [0.5, 0.6) is 0 Å². The average molecular weight is 353 g/mol. The van der Waals surface area contributed by atoms with Gasteiger partial charge in [0.2, 0.25) is 10.9 Å². The number of ether oxygens (including phenoxy) is 1. The summed E-state index contributed by atoms with van der Waals surface area (Å²) >= 11 is 0. The molecule has 0 amide bonds. The lowest BCUT2D eigenvalue weighted by atomic mass is 10.0. The van der Waals surface area contributed by atoms with Crippen LogP contribution in [0.25, 0.3) is 0 Å². The Morgan fingerprint density at radius 2 is 2.23 bits per heavy atom. The summed E-state index contributed by atoms with van der Waals surface area (Å²) in [5, 5.41) is 2.94. The zero-order valence-electron chi connectivity index (χ0n) is 12.5. The Morgan fingerprint density at radius 3 is 2.86 bits per heavy atom. The van der Waals surface area contributed by atoms with Crippen molar-refractivity contribution in [3.8, 4) is 0 Å². The highest BCUT2D eigenvalue weighted by Gasteiger charge is 2.29. The van der Waals surface area contributed by atoms with E-state index in [2.05, 4.69) is 10.0 Å². The SMILES string of the molecule is CCOC(=O)c1ccc(S(=O)(=O)NC2CCCNC2C)o1.Cl. The van der Waals surface area contributed by atoms with Crippen molar-refractivity contribution in [2.75, 3.05) is 13.2 Å². The van der Waals surface area contributed by atoms with Crippen molar-refractivity contribution >= 4 is 28.4 Å². The molecule has 0 spiro atoms. The quantitative estimate of drug-likeness (QED) is 0.775. The summed E-state index contributed by atoms with van der Waals surface area (Å²) in [5.41, 5.74) is 0. The molecule has 0 bridgehead atoms. The number of carbonyl (C=O) groups excluding carboxylic acids is 1.